The van der Waals surface area contributed by atoms with Crippen molar-refractivity contribution in [2.24, 2.45) is 11.7 Å². The normalized spacial score (nSPS) is 20.7. The minimum Gasteiger partial charge on any atom is -0.487 e. The quantitative estimate of drug-likeness (QED) is 0.594. The maximum Gasteiger partial charge on any atom is 0.229 e. The number of pyridine rings is 1. The molecule has 1 aromatic carbocycles. The monoisotopic (exact) mass is 450 g/mol. The molecule has 8 heteroatoms. The summed E-state index contributed by atoms with van der Waals surface area (Å²) in [6, 6.07) is 13.3. The Balaban J connectivity index is 0.00000160. The first-order chi connectivity index (χ1) is 13.5. The fourth-order valence-corrected chi connectivity index (χ4v) is 3.90. The molecule has 4 rings (SSSR count). The molecule has 3 aromatic rings. The molecule has 0 radical (unpaired) electrons. The molecule has 30 heavy (non-hydrogen) atoms. The van der Waals surface area contributed by atoms with Crippen LogP contribution in [0.1, 0.15) is 38.3 Å². The Hall–Kier alpha value is -2.28. The summed E-state index contributed by atoms with van der Waals surface area (Å²) in [6.07, 6.45) is 7.76. The molecular formula is C22H28Cl2N4O2. The van der Waals surface area contributed by atoms with E-state index >= 15 is 0 Å². The molecule has 162 valence electrons. The van der Waals surface area contributed by atoms with Gasteiger partial charge in [0.05, 0.1) is 11.6 Å². The smallest absolute Gasteiger partial charge is 0.229 e. The van der Waals surface area contributed by atoms with Crippen molar-refractivity contribution in [2.45, 2.75) is 44.8 Å². The molecule has 1 fully saturated rings. The Morgan fingerprint density at radius 3 is 2.87 bits per heavy atom. The summed E-state index contributed by atoms with van der Waals surface area (Å²) in [7, 11) is 0. The fourth-order valence-electron chi connectivity index (χ4n) is 3.90. The molecule has 1 aliphatic carbocycles. The molecule has 0 saturated heterocycles. The largest absolute Gasteiger partial charge is 0.487 e. The van der Waals surface area contributed by atoms with Gasteiger partial charge in [-0.2, -0.15) is 0 Å². The number of aromatic nitrogens is 2. The Labute approximate surface area is 189 Å². The summed E-state index contributed by atoms with van der Waals surface area (Å²) in [6.45, 7) is 2.34. The van der Waals surface area contributed by atoms with E-state index in [1.165, 1.54) is 0 Å². The number of benzene rings is 1. The second-order valence-electron chi connectivity index (χ2n) is 7.81. The summed E-state index contributed by atoms with van der Waals surface area (Å²) in [4.78, 5) is 17.3. The molecule has 3 N–H and O–H groups in total. The lowest BCUT2D eigenvalue weighted by molar-refractivity contribution is -0.122. The van der Waals surface area contributed by atoms with Crippen LogP contribution >= 0.6 is 24.8 Å². The van der Waals surface area contributed by atoms with Crippen molar-refractivity contribution in [1.29, 1.82) is 0 Å². The van der Waals surface area contributed by atoms with Gasteiger partial charge in [0.1, 0.15) is 18.0 Å². The van der Waals surface area contributed by atoms with Crippen LogP contribution in [-0.4, -0.2) is 20.8 Å². The predicted octanol–water partition coefficient (Wildman–Crippen LogP) is 4.60. The lowest BCUT2D eigenvalue weighted by Crippen LogP contribution is -2.51. The average molecular weight is 451 g/mol. The topological polar surface area (TPSA) is 81.7 Å². The van der Waals surface area contributed by atoms with Crippen molar-refractivity contribution in [3.8, 4) is 5.75 Å². The number of hydrogen-bond acceptors (Lipinski definition) is 4. The molecule has 2 atom stereocenters. The minimum atomic E-state index is -0.445. The number of hydrogen-bond donors (Lipinski definition) is 2. The standard InChI is InChI=1S/C22H26N4O2.2ClH/c1-22(23)11-4-2-9-19(22)21(27)25-16-7-6-8-18(13-16)28-15-17-14-26-12-5-3-10-20(26)24-17;;/h3,5-8,10,12-14,19H,2,4,9,11,15,23H2,1H3,(H,25,27);2*1H. The summed E-state index contributed by atoms with van der Waals surface area (Å²) in [5.74, 6) is 0.514. The summed E-state index contributed by atoms with van der Waals surface area (Å²) >= 11 is 0. The summed E-state index contributed by atoms with van der Waals surface area (Å²) in [5, 5.41) is 3.01. The Morgan fingerprint density at radius 1 is 1.27 bits per heavy atom. The zero-order valence-electron chi connectivity index (χ0n) is 16.9. The molecular weight excluding hydrogens is 423 g/mol. The molecule has 0 spiro atoms. The van der Waals surface area contributed by atoms with Gasteiger partial charge < -0.3 is 20.2 Å². The fraction of sp³-hybridized carbons (Fsp3) is 0.364. The van der Waals surface area contributed by atoms with Gasteiger partial charge in [0, 0.05) is 29.7 Å². The molecule has 1 saturated carbocycles. The van der Waals surface area contributed by atoms with Crippen molar-refractivity contribution in [3.63, 3.8) is 0 Å². The SMILES string of the molecule is CC1(N)CCCCC1C(=O)Nc1cccc(OCc2cn3ccccc3n2)c1.Cl.Cl. The molecule has 1 amide bonds. The zero-order valence-corrected chi connectivity index (χ0v) is 18.5. The molecule has 2 heterocycles. The first kappa shape index (κ1) is 24.0. The van der Waals surface area contributed by atoms with Crippen molar-refractivity contribution in [1.82, 2.24) is 9.38 Å². The molecule has 6 nitrogen and oxygen atoms in total. The minimum absolute atomic E-state index is 0. The number of nitrogens with one attached hydrogen (secondary N) is 1. The van der Waals surface area contributed by atoms with E-state index in [1.807, 2.05) is 66.2 Å². The van der Waals surface area contributed by atoms with Gasteiger partial charge in [-0.1, -0.05) is 25.0 Å². The molecule has 2 aromatic heterocycles. The maximum absolute atomic E-state index is 12.7. The maximum atomic E-state index is 12.7. The Morgan fingerprint density at radius 2 is 2.10 bits per heavy atom. The second-order valence-corrected chi connectivity index (χ2v) is 7.81. The number of nitrogens with zero attached hydrogens (tertiary/aromatic N) is 2. The third-order valence-electron chi connectivity index (χ3n) is 5.47. The van der Waals surface area contributed by atoms with Crippen molar-refractivity contribution in [3.05, 3.63) is 60.6 Å². The number of anilines is 1. The van der Waals surface area contributed by atoms with Gasteiger partial charge in [0.2, 0.25) is 5.91 Å². The van der Waals surface area contributed by atoms with Gasteiger partial charge in [-0.25, -0.2) is 4.98 Å². The first-order valence-corrected chi connectivity index (χ1v) is 9.76. The number of rotatable bonds is 5. The number of nitrogens with two attached hydrogens (primary N) is 1. The van der Waals surface area contributed by atoms with Gasteiger partial charge in [-0.15, -0.1) is 24.8 Å². The first-order valence-electron chi connectivity index (χ1n) is 9.76. The van der Waals surface area contributed by atoms with Crippen LogP contribution in [-0.2, 0) is 11.4 Å². The number of halogens is 2. The van der Waals surface area contributed by atoms with Gasteiger partial charge in [-0.05, 0) is 44.0 Å². The summed E-state index contributed by atoms with van der Waals surface area (Å²) in [5.41, 5.74) is 8.37. The van der Waals surface area contributed by atoms with Crippen LogP contribution in [0, 0.1) is 5.92 Å². The van der Waals surface area contributed by atoms with Gasteiger partial charge >= 0.3 is 0 Å². The van der Waals surface area contributed by atoms with Crippen molar-refractivity contribution < 1.29 is 9.53 Å². The average Bonchev–Trinajstić information content (AvgIpc) is 3.09. The van der Waals surface area contributed by atoms with Gasteiger partial charge in [0.25, 0.3) is 0 Å². The van der Waals surface area contributed by atoms with Crippen LogP contribution in [0.4, 0.5) is 5.69 Å². The molecule has 1 aliphatic rings. The highest BCUT2D eigenvalue weighted by Gasteiger charge is 2.37. The van der Waals surface area contributed by atoms with Crippen LogP contribution in [0.5, 0.6) is 5.75 Å². The van der Waals surface area contributed by atoms with Crippen molar-refractivity contribution >= 4 is 42.1 Å². The third-order valence-corrected chi connectivity index (χ3v) is 5.47. The lowest BCUT2D eigenvalue weighted by Gasteiger charge is -2.37. The van der Waals surface area contributed by atoms with E-state index in [1.54, 1.807) is 0 Å². The zero-order chi connectivity index (χ0) is 19.6. The second kappa shape index (κ2) is 10.2. The van der Waals surface area contributed by atoms with E-state index in [4.69, 9.17) is 10.5 Å². The molecule has 2 unspecified atom stereocenters. The number of carbonyl (C=O) groups excluding carboxylic acids is 1. The van der Waals surface area contributed by atoms with Crippen molar-refractivity contribution in [2.75, 3.05) is 5.32 Å². The third kappa shape index (κ3) is 5.45. The number of imidazole rings is 1. The van der Waals surface area contributed by atoms with E-state index in [9.17, 15) is 4.79 Å². The molecule has 0 aliphatic heterocycles. The molecule has 0 bridgehead atoms. The van der Waals surface area contributed by atoms with Crippen LogP contribution < -0.4 is 15.8 Å². The van der Waals surface area contributed by atoms with Crippen LogP contribution in [0.3, 0.4) is 0 Å². The lowest BCUT2D eigenvalue weighted by atomic mass is 9.74. The van der Waals surface area contributed by atoms with E-state index < -0.39 is 5.54 Å². The number of carbonyl (C=O) groups is 1. The van der Waals surface area contributed by atoms with E-state index in [-0.39, 0.29) is 36.6 Å². The Bertz CT molecular complexity index is 957. The van der Waals surface area contributed by atoms with E-state index in [0.717, 1.165) is 42.7 Å². The van der Waals surface area contributed by atoms with Gasteiger partial charge in [0.15, 0.2) is 0 Å². The van der Waals surface area contributed by atoms with E-state index in [0.29, 0.717) is 12.4 Å². The number of amides is 1. The highest BCUT2D eigenvalue weighted by molar-refractivity contribution is 5.93. The predicted molar refractivity (Wildman–Crippen MR) is 124 cm³/mol. The van der Waals surface area contributed by atoms with E-state index in [2.05, 4.69) is 10.3 Å². The Kier molecular flexibility index (Phi) is 8.12. The number of fused-ring (bicyclic) bond motifs is 1. The number of ether oxygens (including phenoxy) is 1. The summed E-state index contributed by atoms with van der Waals surface area (Å²) < 4.78 is 7.84. The highest BCUT2D eigenvalue weighted by atomic mass is 35.5. The highest BCUT2D eigenvalue weighted by Crippen LogP contribution is 2.32. The van der Waals surface area contributed by atoms with Crippen LogP contribution in [0.2, 0.25) is 0 Å². The van der Waals surface area contributed by atoms with Gasteiger partial charge in [-0.3, -0.25) is 4.79 Å². The van der Waals surface area contributed by atoms with Crippen LogP contribution in [0.15, 0.2) is 54.9 Å². The van der Waals surface area contributed by atoms with Crippen LogP contribution in [0.25, 0.3) is 5.65 Å².